The average Bonchev–Trinajstić information content (AvgIpc) is 2.89. The molecule has 1 aliphatic heterocycles. The first kappa shape index (κ1) is 13.9. The summed E-state index contributed by atoms with van der Waals surface area (Å²) < 4.78 is 0. The van der Waals surface area contributed by atoms with Crippen LogP contribution in [-0.2, 0) is 5.88 Å². The van der Waals surface area contributed by atoms with E-state index >= 15 is 0 Å². The van der Waals surface area contributed by atoms with E-state index in [1.54, 1.807) is 6.20 Å². The Labute approximate surface area is 119 Å². The molecule has 0 bridgehead atoms. The number of rotatable bonds is 5. The van der Waals surface area contributed by atoms with Crippen LogP contribution in [-0.4, -0.2) is 43.1 Å². The molecule has 1 aliphatic rings. The number of alkyl halides is 1. The number of aromatic nitrogens is 1. The van der Waals surface area contributed by atoms with Crippen LogP contribution in [0.1, 0.15) is 18.4 Å². The van der Waals surface area contributed by atoms with Gasteiger partial charge in [-0.2, -0.15) is 0 Å². The maximum absolute atomic E-state index is 6.01. The van der Waals surface area contributed by atoms with Gasteiger partial charge in [0.2, 0.25) is 0 Å². The highest BCUT2D eigenvalue weighted by atomic mass is 35.5. The zero-order valence-corrected chi connectivity index (χ0v) is 12.2. The van der Waals surface area contributed by atoms with Crippen LogP contribution in [0.25, 0.3) is 0 Å². The average molecular weight is 288 g/mol. The minimum Gasteiger partial charge on any atom is -0.358 e. The van der Waals surface area contributed by atoms with Gasteiger partial charge in [-0.25, -0.2) is 4.98 Å². The van der Waals surface area contributed by atoms with Crippen LogP contribution in [0.3, 0.4) is 0 Å². The molecule has 0 aliphatic carbocycles. The van der Waals surface area contributed by atoms with E-state index in [0.29, 0.717) is 10.9 Å². The standard InChI is InChI=1S/C13H19Cl2N3/c1-17(6-7-18-4-2-3-5-18)13-8-11(9-14)12(15)10-16-13/h8,10H,2-7,9H2,1H3. The predicted octanol–water partition coefficient (Wildman–Crippen LogP) is 3.01. The number of likely N-dealkylation sites (N-methyl/N-ethyl adjacent to an activating group) is 1. The Morgan fingerprint density at radius 2 is 2.11 bits per heavy atom. The van der Waals surface area contributed by atoms with Gasteiger partial charge < -0.3 is 9.80 Å². The second kappa shape index (κ2) is 6.60. The van der Waals surface area contributed by atoms with E-state index in [1.165, 1.54) is 25.9 Å². The van der Waals surface area contributed by atoms with Gasteiger partial charge in [0.25, 0.3) is 0 Å². The van der Waals surface area contributed by atoms with Crippen molar-refractivity contribution in [1.29, 1.82) is 0 Å². The molecule has 2 heterocycles. The van der Waals surface area contributed by atoms with Gasteiger partial charge in [0.15, 0.2) is 0 Å². The van der Waals surface area contributed by atoms with Crippen molar-refractivity contribution in [2.75, 3.05) is 38.1 Å². The summed E-state index contributed by atoms with van der Waals surface area (Å²) in [7, 11) is 2.06. The highest BCUT2D eigenvalue weighted by Gasteiger charge is 2.13. The zero-order valence-electron chi connectivity index (χ0n) is 10.7. The molecule has 2 rings (SSSR count). The summed E-state index contributed by atoms with van der Waals surface area (Å²) in [5.41, 5.74) is 0.941. The fourth-order valence-corrected chi connectivity index (χ4v) is 2.65. The topological polar surface area (TPSA) is 19.4 Å². The molecule has 0 radical (unpaired) electrons. The van der Waals surface area contributed by atoms with Gasteiger partial charge in [0.05, 0.1) is 5.02 Å². The van der Waals surface area contributed by atoms with E-state index in [0.717, 1.165) is 24.5 Å². The molecule has 0 spiro atoms. The molecule has 1 saturated heterocycles. The van der Waals surface area contributed by atoms with Gasteiger partial charge in [-0.15, -0.1) is 11.6 Å². The Kier molecular flexibility index (Phi) is 5.10. The Balaban J connectivity index is 1.93. The fourth-order valence-electron chi connectivity index (χ4n) is 2.19. The molecular weight excluding hydrogens is 269 g/mol. The van der Waals surface area contributed by atoms with E-state index < -0.39 is 0 Å². The number of anilines is 1. The first-order valence-corrected chi connectivity index (χ1v) is 7.26. The molecule has 3 nitrogen and oxygen atoms in total. The summed E-state index contributed by atoms with van der Waals surface area (Å²) in [6.07, 6.45) is 4.35. The second-order valence-electron chi connectivity index (χ2n) is 4.74. The Bertz CT molecular complexity index is 392. The zero-order chi connectivity index (χ0) is 13.0. The SMILES string of the molecule is CN(CCN1CCCC1)c1cc(CCl)c(Cl)cn1. The summed E-state index contributed by atoms with van der Waals surface area (Å²) in [4.78, 5) is 9.00. The van der Waals surface area contributed by atoms with Crippen LogP contribution in [0.5, 0.6) is 0 Å². The second-order valence-corrected chi connectivity index (χ2v) is 5.41. The van der Waals surface area contributed by atoms with Crippen LogP contribution in [0, 0.1) is 0 Å². The van der Waals surface area contributed by atoms with Crippen molar-refractivity contribution in [3.63, 3.8) is 0 Å². The van der Waals surface area contributed by atoms with E-state index in [-0.39, 0.29) is 0 Å². The van der Waals surface area contributed by atoms with E-state index in [9.17, 15) is 0 Å². The maximum Gasteiger partial charge on any atom is 0.128 e. The third-order valence-corrected chi connectivity index (χ3v) is 4.03. The molecule has 1 aromatic rings. The van der Waals surface area contributed by atoms with Gasteiger partial charge in [0, 0.05) is 32.2 Å². The molecule has 100 valence electrons. The van der Waals surface area contributed by atoms with Crippen LogP contribution in [0.2, 0.25) is 5.02 Å². The van der Waals surface area contributed by atoms with Crippen molar-refractivity contribution in [1.82, 2.24) is 9.88 Å². The Morgan fingerprint density at radius 1 is 1.39 bits per heavy atom. The largest absolute Gasteiger partial charge is 0.358 e. The predicted molar refractivity (Wildman–Crippen MR) is 77.7 cm³/mol. The third kappa shape index (κ3) is 3.50. The molecular formula is C13H19Cl2N3. The smallest absolute Gasteiger partial charge is 0.128 e. The molecule has 0 N–H and O–H groups in total. The fraction of sp³-hybridized carbons (Fsp3) is 0.615. The van der Waals surface area contributed by atoms with Gasteiger partial charge >= 0.3 is 0 Å². The number of halogens is 2. The number of hydrogen-bond donors (Lipinski definition) is 0. The number of likely N-dealkylation sites (tertiary alicyclic amines) is 1. The van der Waals surface area contributed by atoms with Gasteiger partial charge in [-0.3, -0.25) is 0 Å². The number of pyridine rings is 1. The van der Waals surface area contributed by atoms with Crippen molar-refractivity contribution >= 4 is 29.0 Å². The summed E-state index contributed by atoms with van der Waals surface area (Å²) in [6.45, 7) is 4.54. The molecule has 0 aromatic carbocycles. The van der Waals surface area contributed by atoms with Gasteiger partial charge in [-0.05, 0) is 37.6 Å². The first-order valence-electron chi connectivity index (χ1n) is 6.34. The summed E-state index contributed by atoms with van der Waals surface area (Å²) in [5, 5.41) is 0.640. The first-order chi connectivity index (χ1) is 8.70. The summed E-state index contributed by atoms with van der Waals surface area (Å²) in [5.74, 6) is 1.36. The number of nitrogens with zero attached hydrogens (tertiary/aromatic N) is 3. The van der Waals surface area contributed by atoms with Gasteiger partial charge in [-0.1, -0.05) is 11.6 Å². The van der Waals surface area contributed by atoms with Crippen molar-refractivity contribution in [2.45, 2.75) is 18.7 Å². The molecule has 0 saturated carbocycles. The lowest BCUT2D eigenvalue weighted by Crippen LogP contribution is -2.31. The van der Waals surface area contributed by atoms with Crippen molar-refractivity contribution in [3.8, 4) is 0 Å². The van der Waals surface area contributed by atoms with Gasteiger partial charge in [0.1, 0.15) is 5.82 Å². The van der Waals surface area contributed by atoms with Crippen molar-refractivity contribution in [3.05, 3.63) is 22.8 Å². The normalized spacial score (nSPS) is 16.2. The van der Waals surface area contributed by atoms with Crippen LogP contribution in [0.15, 0.2) is 12.3 Å². The highest BCUT2D eigenvalue weighted by molar-refractivity contribution is 6.32. The van der Waals surface area contributed by atoms with Crippen LogP contribution in [0.4, 0.5) is 5.82 Å². The molecule has 0 amide bonds. The van der Waals surface area contributed by atoms with Crippen LogP contribution >= 0.6 is 23.2 Å². The van der Waals surface area contributed by atoms with Crippen LogP contribution < -0.4 is 4.90 Å². The monoisotopic (exact) mass is 287 g/mol. The maximum atomic E-state index is 6.01. The third-order valence-electron chi connectivity index (χ3n) is 3.41. The van der Waals surface area contributed by atoms with Crippen molar-refractivity contribution < 1.29 is 0 Å². The lowest BCUT2D eigenvalue weighted by molar-refractivity contribution is 0.346. The molecule has 0 atom stereocenters. The highest BCUT2D eigenvalue weighted by Crippen LogP contribution is 2.21. The quantitative estimate of drug-likeness (QED) is 0.776. The molecule has 1 aromatic heterocycles. The number of hydrogen-bond acceptors (Lipinski definition) is 3. The summed E-state index contributed by atoms with van der Waals surface area (Å²) in [6, 6.07) is 1.97. The Hall–Kier alpha value is -0.510. The minimum absolute atomic E-state index is 0.425. The van der Waals surface area contributed by atoms with E-state index in [1.807, 2.05) is 6.07 Å². The minimum atomic E-state index is 0.425. The molecule has 5 heteroatoms. The lowest BCUT2D eigenvalue weighted by atomic mass is 10.3. The lowest BCUT2D eigenvalue weighted by Gasteiger charge is -2.22. The Morgan fingerprint density at radius 3 is 2.78 bits per heavy atom. The molecule has 0 unspecified atom stereocenters. The molecule has 1 fully saturated rings. The van der Waals surface area contributed by atoms with E-state index in [4.69, 9.17) is 23.2 Å². The summed E-state index contributed by atoms with van der Waals surface area (Å²) >= 11 is 11.9. The van der Waals surface area contributed by atoms with E-state index in [2.05, 4.69) is 21.8 Å². The van der Waals surface area contributed by atoms with Crippen molar-refractivity contribution in [2.24, 2.45) is 0 Å². The molecule has 18 heavy (non-hydrogen) atoms.